The topological polar surface area (TPSA) is 55.4 Å². The predicted octanol–water partition coefficient (Wildman–Crippen LogP) is 2.51. The molecule has 0 aromatic rings. The average Bonchev–Trinajstić information content (AvgIpc) is 2.07. The first-order chi connectivity index (χ1) is 7.54. The van der Waals surface area contributed by atoms with E-state index in [-0.39, 0.29) is 23.2 Å². The van der Waals surface area contributed by atoms with E-state index in [4.69, 9.17) is 4.74 Å². The molecule has 1 aliphatic carbocycles. The molecule has 0 saturated heterocycles. The smallest absolute Gasteiger partial charge is 0.407 e. The molecule has 4 heteroatoms. The minimum absolute atomic E-state index is 0.0197. The number of rotatable bonds is 2. The van der Waals surface area contributed by atoms with E-state index in [1.165, 1.54) is 0 Å². The van der Waals surface area contributed by atoms with E-state index >= 15 is 0 Å². The summed E-state index contributed by atoms with van der Waals surface area (Å²) in [6.45, 7) is 11.1. The van der Waals surface area contributed by atoms with Crippen LogP contribution in [-0.4, -0.2) is 23.5 Å². The van der Waals surface area contributed by atoms with Gasteiger partial charge in [-0.1, -0.05) is 13.8 Å². The Morgan fingerprint density at radius 3 is 2.18 bits per heavy atom. The average molecular weight is 241 g/mol. The van der Waals surface area contributed by atoms with Crippen LogP contribution in [0.2, 0.25) is 0 Å². The van der Waals surface area contributed by atoms with E-state index in [1.807, 2.05) is 34.6 Å². The second-order valence-electron chi connectivity index (χ2n) is 6.42. The van der Waals surface area contributed by atoms with Crippen molar-refractivity contribution in [3.05, 3.63) is 0 Å². The highest BCUT2D eigenvalue weighted by Gasteiger charge is 2.51. The molecule has 0 bridgehead atoms. The Balaban J connectivity index is 2.51. The molecular weight excluding hydrogens is 218 g/mol. The third-order valence-corrected chi connectivity index (χ3v) is 3.45. The van der Waals surface area contributed by atoms with Crippen molar-refractivity contribution < 1.29 is 14.3 Å². The normalized spacial score (nSPS) is 26.9. The van der Waals surface area contributed by atoms with Gasteiger partial charge >= 0.3 is 6.09 Å². The SMILES string of the molecule is CC(=O)C1CC(NC(=O)OC(C)(C)C)C1(C)C. The fourth-order valence-electron chi connectivity index (χ4n) is 2.31. The molecule has 0 aromatic heterocycles. The molecule has 1 fully saturated rings. The largest absolute Gasteiger partial charge is 0.444 e. The zero-order valence-corrected chi connectivity index (χ0v) is 11.6. The predicted molar refractivity (Wildman–Crippen MR) is 65.7 cm³/mol. The molecule has 2 unspecified atom stereocenters. The van der Waals surface area contributed by atoms with E-state index < -0.39 is 11.7 Å². The number of ether oxygens (including phenoxy) is 1. The number of hydrogen-bond acceptors (Lipinski definition) is 3. The second kappa shape index (κ2) is 4.31. The van der Waals surface area contributed by atoms with Gasteiger partial charge in [0.2, 0.25) is 0 Å². The maximum atomic E-state index is 11.6. The molecule has 1 N–H and O–H groups in total. The molecule has 1 saturated carbocycles. The van der Waals surface area contributed by atoms with Crippen LogP contribution < -0.4 is 5.32 Å². The quantitative estimate of drug-likeness (QED) is 0.808. The third-order valence-electron chi connectivity index (χ3n) is 3.45. The summed E-state index contributed by atoms with van der Waals surface area (Å²) in [5.41, 5.74) is -0.666. The molecule has 17 heavy (non-hydrogen) atoms. The standard InChI is InChI=1S/C13H23NO3/c1-8(15)9-7-10(13(9,5)6)14-11(16)17-12(2,3)4/h9-10H,7H2,1-6H3,(H,14,16). The summed E-state index contributed by atoms with van der Waals surface area (Å²) < 4.78 is 5.20. The Labute approximate surface area is 103 Å². The Bertz CT molecular complexity index is 328. The highest BCUT2D eigenvalue weighted by molar-refractivity contribution is 5.81. The molecular formula is C13H23NO3. The van der Waals surface area contributed by atoms with E-state index in [2.05, 4.69) is 5.32 Å². The number of Topliss-reactive ketones (excluding diaryl/α,β-unsaturated/α-hetero) is 1. The first kappa shape index (κ1) is 14.0. The molecule has 98 valence electrons. The number of ketones is 1. The maximum absolute atomic E-state index is 11.6. The summed E-state index contributed by atoms with van der Waals surface area (Å²) in [5, 5.41) is 2.83. The van der Waals surface area contributed by atoms with E-state index in [0.717, 1.165) is 0 Å². The summed E-state index contributed by atoms with van der Waals surface area (Å²) in [4.78, 5) is 23.0. The first-order valence-corrected chi connectivity index (χ1v) is 6.04. The fourth-order valence-corrected chi connectivity index (χ4v) is 2.31. The summed E-state index contributed by atoms with van der Waals surface area (Å²) in [6, 6.07) is 0.0197. The number of amides is 1. The minimum atomic E-state index is -0.488. The molecule has 0 spiro atoms. The van der Waals surface area contributed by atoms with Gasteiger partial charge in [0.25, 0.3) is 0 Å². The Morgan fingerprint density at radius 2 is 1.82 bits per heavy atom. The third kappa shape index (κ3) is 3.20. The summed E-state index contributed by atoms with van der Waals surface area (Å²) in [5.74, 6) is 0.236. The van der Waals surface area contributed by atoms with Gasteiger partial charge in [0.1, 0.15) is 11.4 Å². The Morgan fingerprint density at radius 1 is 1.29 bits per heavy atom. The van der Waals surface area contributed by atoms with Crippen LogP contribution in [0.15, 0.2) is 0 Å². The highest BCUT2D eigenvalue weighted by Crippen LogP contribution is 2.46. The van der Waals surface area contributed by atoms with Crippen molar-refractivity contribution in [2.75, 3.05) is 0 Å². The van der Waals surface area contributed by atoms with Crippen molar-refractivity contribution in [3.63, 3.8) is 0 Å². The zero-order chi connectivity index (χ0) is 13.4. The van der Waals surface area contributed by atoms with Crippen LogP contribution in [0.5, 0.6) is 0 Å². The lowest BCUT2D eigenvalue weighted by Gasteiger charge is -2.51. The van der Waals surface area contributed by atoms with Gasteiger partial charge in [0.05, 0.1) is 0 Å². The van der Waals surface area contributed by atoms with Gasteiger partial charge < -0.3 is 10.1 Å². The summed E-state index contributed by atoms with van der Waals surface area (Å²) >= 11 is 0. The highest BCUT2D eigenvalue weighted by atomic mass is 16.6. The van der Waals surface area contributed by atoms with Crippen LogP contribution in [0, 0.1) is 11.3 Å². The monoisotopic (exact) mass is 241 g/mol. The van der Waals surface area contributed by atoms with Gasteiger partial charge in [0, 0.05) is 12.0 Å². The van der Waals surface area contributed by atoms with Crippen LogP contribution in [0.25, 0.3) is 0 Å². The van der Waals surface area contributed by atoms with Crippen LogP contribution in [0.1, 0.15) is 48.0 Å². The van der Waals surface area contributed by atoms with Crippen LogP contribution in [-0.2, 0) is 9.53 Å². The molecule has 2 atom stereocenters. The number of hydrogen-bond donors (Lipinski definition) is 1. The first-order valence-electron chi connectivity index (χ1n) is 6.04. The fraction of sp³-hybridized carbons (Fsp3) is 0.846. The Kier molecular flexibility index (Phi) is 3.55. The second-order valence-corrected chi connectivity index (χ2v) is 6.42. The van der Waals surface area contributed by atoms with Crippen LogP contribution >= 0.6 is 0 Å². The van der Waals surface area contributed by atoms with Crippen LogP contribution in [0.3, 0.4) is 0 Å². The molecule has 1 rings (SSSR count). The van der Waals surface area contributed by atoms with Crippen molar-refractivity contribution in [2.24, 2.45) is 11.3 Å². The van der Waals surface area contributed by atoms with Gasteiger partial charge in [-0.3, -0.25) is 4.79 Å². The van der Waals surface area contributed by atoms with Gasteiger partial charge in [-0.05, 0) is 39.5 Å². The van der Waals surface area contributed by atoms with Crippen molar-refractivity contribution in [1.29, 1.82) is 0 Å². The number of carbonyl (C=O) groups is 2. The minimum Gasteiger partial charge on any atom is -0.444 e. The summed E-state index contributed by atoms with van der Waals surface area (Å²) in [6.07, 6.45) is 0.305. The molecule has 1 amide bonds. The van der Waals surface area contributed by atoms with Crippen LogP contribution in [0.4, 0.5) is 4.79 Å². The van der Waals surface area contributed by atoms with Crippen molar-refractivity contribution >= 4 is 11.9 Å². The number of alkyl carbamates (subject to hydrolysis) is 1. The number of nitrogens with one attached hydrogen (secondary N) is 1. The lowest BCUT2D eigenvalue weighted by atomic mass is 9.57. The lowest BCUT2D eigenvalue weighted by Crippen LogP contribution is -2.60. The van der Waals surface area contributed by atoms with Crippen molar-refractivity contribution in [1.82, 2.24) is 5.32 Å². The molecule has 0 heterocycles. The molecule has 0 radical (unpaired) electrons. The van der Waals surface area contributed by atoms with Crippen molar-refractivity contribution in [2.45, 2.75) is 59.6 Å². The Hall–Kier alpha value is -1.06. The van der Waals surface area contributed by atoms with Gasteiger partial charge in [0.15, 0.2) is 0 Å². The van der Waals surface area contributed by atoms with Gasteiger partial charge in [-0.15, -0.1) is 0 Å². The lowest BCUT2D eigenvalue weighted by molar-refractivity contribution is -0.132. The molecule has 4 nitrogen and oxygen atoms in total. The maximum Gasteiger partial charge on any atom is 0.407 e. The molecule has 1 aliphatic rings. The van der Waals surface area contributed by atoms with Gasteiger partial charge in [-0.25, -0.2) is 4.79 Å². The van der Waals surface area contributed by atoms with Crippen molar-refractivity contribution in [3.8, 4) is 0 Å². The molecule has 0 aliphatic heterocycles. The summed E-state index contributed by atoms with van der Waals surface area (Å²) in [7, 11) is 0. The van der Waals surface area contributed by atoms with E-state index in [0.29, 0.717) is 6.42 Å². The number of carbonyl (C=O) groups excluding carboxylic acids is 2. The molecule has 0 aromatic carbocycles. The van der Waals surface area contributed by atoms with Gasteiger partial charge in [-0.2, -0.15) is 0 Å². The van der Waals surface area contributed by atoms with E-state index in [1.54, 1.807) is 6.92 Å². The van der Waals surface area contributed by atoms with E-state index in [9.17, 15) is 9.59 Å². The zero-order valence-electron chi connectivity index (χ0n) is 11.6.